The summed E-state index contributed by atoms with van der Waals surface area (Å²) in [5.74, 6) is -1.29. The molecule has 27 heavy (non-hydrogen) atoms. The van der Waals surface area contributed by atoms with E-state index in [4.69, 9.17) is 27.9 Å². The van der Waals surface area contributed by atoms with Gasteiger partial charge < -0.3 is 10.1 Å². The summed E-state index contributed by atoms with van der Waals surface area (Å²) in [6.07, 6.45) is 0.200. The van der Waals surface area contributed by atoms with Crippen LogP contribution in [-0.2, 0) is 9.53 Å². The number of hydrogen-bond acceptors (Lipinski definition) is 7. The molecule has 3 heterocycles. The molecule has 0 aliphatic rings. The third kappa shape index (κ3) is 4.15. The fourth-order valence-corrected chi connectivity index (χ4v) is 2.67. The van der Waals surface area contributed by atoms with Crippen molar-refractivity contribution in [2.75, 3.05) is 5.32 Å². The SMILES string of the molecule is Cc1cc(C)n2nc(C(=O)O[C@@H](C)C(=O)Nc3ncc(Cl)cc3Cl)nc2n1. The first-order valence-corrected chi connectivity index (χ1v) is 8.54. The number of amides is 1. The highest BCUT2D eigenvalue weighted by Crippen LogP contribution is 2.22. The molecule has 9 nitrogen and oxygen atoms in total. The molecular weight excluding hydrogens is 395 g/mol. The fraction of sp³-hybridized carbons (Fsp3) is 0.250. The van der Waals surface area contributed by atoms with Crippen molar-refractivity contribution in [2.45, 2.75) is 26.9 Å². The maximum Gasteiger partial charge on any atom is 0.379 e. The molecule has 3 rings (SSSR count). The Hall–Kier alpha value is -2.78. The van der Waals surface area contributed by atoms with Gasteiger partial charge in [-0.2, -0.15) is 4.98 Å². The van der Waals surface area contributed by atoms with Crippen LogP contribution in [0.4, 0.5) is 5.82 Å². The van der Waals surface area contributed by atoms with Crippen LogP contribution in [-0.4, -0.2) is 42.5 Å². The summed E-state index contributed by atoms with van der Waals surface area (Å²) in [5.41, 5.74) is 1.51. The number of carbonyl (C=O) groups excluding carboxylic acids is 2. The van der Waals surface area contributed by atoms with Gasteiger partial charge in [0.25, 0.3) is 17.5 Å². The predicted molar refractivity (Wildman–Crippen MR) is 98.0 cm³/mol. The Bertz CT molecular complexity index is 1050. The molecule has 1 N–H and O–H groups in total. The van der Waals surface area contributed by atoms with Crippen LogP contribution < -0.4 is 5.32 Å². The van der Waals surface area contributed by atoms with Gasteiger partial charge in [-0.25, -0.2) is 19.3 Å². The van der Waals surface area contributed by atoms with Gasteiger partial charge in [0.1, 0.15) is 0 Å². The van der Waals surface area contributed by atoms with Gasteiger partial charge in [0.05, 0.1) is 10.0 Å². The molecule has 140 valence electrons. The lowest BCUT2D eigenvalue weighted by molar-refractivity contribution is -0.123. The van der Waals surface area contributed by atoms with Gasteiger partial charge in [-0.05, 0) is 32.9 Å². The molecule has 1 amide bonds. The number of nitrogens with zero attached hydrogens (tertiary/aromatic N) is 5. The van der Waals surface area contributed by atoms with Crippen molar-refractivity contribution >= 4 is 46.7 Å². The van der Waals surface area contributed by atoms with E-state index in [1.54, 1.807) is 6.07 Å². The molecule has 0 spiro atoms. The fourth-order valence-electron chi connectivity index (χ4n) is 2.24. The lowest BCUT2D eigenvalue weighted by Gasteiger charge is -2.12. The van der Waals surface area contributed by atoms with E-state index < -0.39 is 18.0 Å². The lowest BCUT2D eigenvalue weighted by Crippen LogP contribution is -2.30. The van der Waals surface area contributed by atoms with E-state index >= 15 is 0 Å². The second-order valence-electron chi connectivity index (χ2n) is 5.71. The van der Waals surface area contributed by atoms with Crippen LogP contribution in [0, 0.1) is 13.8 Å². The third-order valence-corrected chi connectivity index (χ3v) is 4.00. The summed E-state index contributed by atoms with van der Waals surface area (Å²) in [6.45, 7) is 5.02. The molecular formula is C16H14Cl2N6O3. The second kappa shape index (κ2) is 7.45. The molecule has 0 saturated carbocycles. The minimum Gasteiger partial charge on any atom is -0.447 e. The van der Waals surface area contributed by atoms with E-state index in [-0.39, 0.29) is 22.4 Å². The van der Waals surface area contributed by atoms with Gasteiger partial charge >= 0.3 is 5.97 Å². The van der Waals surface area contributed by atoms with Crippen molar-refractivity contribution in [3.63, 3.8) is 0 Å². The number of hydrogen-bond donors (Lipinski definition) is 1. The van der Waals surface area contributed by atoms with E-state index in [1.807, 2.05) is 13.8 Å². The maximum absolute atomic E-state index is 12.3. The normalized spacial score (nSPS) is 12.0. The molecule has 11 heteroatoms. The molecule has 3 aromatic rings. The highest BCUT2D eigenvalue weighted by Gasteiger charge is 2.23. The van der Waals surface area contributed by atoms with Gasteiger partial charge in [0.2, 0.25) is 0 Å². The Labute approximate surface area is 163 Å². The summed E-state index contributed by atoms with van der Waals surface area (Å²) in [5, 5.41) is 7.01. The van der Waals surface area contributed by atoms with Crippen molar-refractivity contribution in [3.05, 3.63) is 45.6 Å². The number of rotatable bonds is 4. The van der Waals surface area contributed by atoms with Gasteiger partial charge in [0.15, 0.2) is 11.9 Å². The summed E-state index contributed by atoms with van der Waals surface area (Å²) >= 11 is 11.7. The summed E-state index contributed by atoms with van der Waals surface area (Å²) in [4.78, 5) is 36.6. The van der Waals surface area contributed by atoms with Crippen LogP contribution in [0.3, 0.4) is 0 Å². The lowest BCUT2D eigenvalue weighted by atomic mass is 10.3. The van der Waals surface area contributed by atoms with Crippen molar-refractivity contribution in [3.8, 4) is 0 Å². The maximum atomic E-state index is 12.3. The molecule has 0 saturated heterocycles. The second-order valence-corrected chi connectivity index (χ2v) is 6.55. The molecule has 0 aromatic carbocycles. The molecule has 0 bridgehead atoms. The van der Waals surface area contributed by atoms with E-state index in [0.717, 1.165) is 11.4 Å². The van der Waals surface area contributed by atoms with Gasteiger partial charge in [-0.3, -0.25) is 4.79 Å². The Balaban J connectivity index is 1.71. The summed E-state index contributed by atoms with van der Waals surface area (Å²) in [7, 11) is 0. The first-order valence-electron chi connectivity index (χ1n) is 7.78. The monoisotopic (exact) mass is 408 g/mol. The summed E-state index contributed by atoms with van der Waals surface area (Å²) in [6, 6.07) is 3.23. The molecule has 0 radical (unpaired) electrons. The number of anilines is 1. The van der Waals surface area contributed by atoms with Gasteiger partial charge in [0, 0.05) is 17.6 Å². The quantitative estimate of drug-likeness (QED) is 0.660. The molecule has 1 atom stereocenters. The van der Waals surface area contributed by atoms with Crippen LogP contribution in [0.15, 0.2) is 18.3 Å². The van der Waals surface area contributed by atoms with Crippen LogP contribution in [0.2, 0.25) is 10.0 Å². The first-order chi connectivity index (χ1) is 12.7. The smallest absolute Gasteiger partial charge is 0.379 e. The van der Waals surface area contributed by atoms with Gasteiger partial charge in [-0.15, -0.1) is 5.10 Å². The number of halogens is 2. The first kappa shape index (κ1) is 19.0. The minimum atomic E-state index is -1.13. The number of pyridine rings is 1. The zero-order chi connectivity index (χ0) is 19.7. The zero-order valence-corrected chi connectivity index (χ0v) is 16.0. The Morgan fingerprint density at radius 1 is 1.22 bits per heavy atom. The Morgan fingerprint density at radius 2 is 1.96 bits per heavy atom. The Kier molecular flexibility index (Phi) is 5.24. The number of ether oxygens (including phenoxy) is 1. The van der Waals surface area contributed by atoms with E-state index in [0.29, 0.717) is 5.02 Å². The van der Waals surface area contributed by atoms with Crippen LogP contribution >= 0.6 is 23.2 Å². The van der Waals surface area contributed by atoms with E-state index in [9.17, 15) is 9.59 Å². The van der Waals surface area contributed by atoms with Crippen molar-refractivity contribution in [1.29, 1.82) is 0 Å². The van der Waals surface area contributed by atoms with Gasteiger partial charge in [-0.1, -0.05) is 23.2 Å². The highest BCUT2D eigenvalue weighted by molar-refractivity contribution is 6.36. The third-order valence-electron chi connectivity index (χ3n) is 3.50. The topological polar surface area (TPSA) is 111 Å². The zero-order valence-electron chi connectivity index (χ0n) is 14.5. The number of nitrogens with one attached hydrogen (secondary N) is 1. The molecule has 0 aliphatic carbocycles. The molecule has 3 aromatic heterocycles. The standard InChI is InChI=1S/C16H14Cl2N6O3/c1-7-4-8(2)24-16(20-7)22-13(23-24)15(26)27-9(3)14(25)21-12-11(18)5-10(17)6-19-12/h4-6,9H,1-3H3,(H,19,21,25)/t9-/m0/s1. The average Bonchev–Trinajstić information content (AvgIpc) is 3.01. The van der Waals surface area contributed by atoms with E-state index in [1.165, 1.54) is 23.7 Å². The number of aromatic nitrogens is 5. The Morgan fingerprint density at radius 3 is 2.67 bits per heavy atom. The predicted octanol–water partition coefficient (Wildman–Crippen LogP) is 2.63. The van der Waals surface area contributed by atoms with Crippen LogP contribution in [0.5, 0.6) is 0 Å². The number of esters is 1. The van der Waals surface area contributed by atoms with Crippen molar-refractivity contribution in [2.24, 2.45) is 0 Å². The molecule has 0 fully saturated rings. The number of aryl methyl sites for hydroxylation is 2. The van der Waals surface area contributed by atoms with E-state index in [2.05, 4.69) is 25.4 Å². The molecule has 0 unspecified atom stereocenters. The minimum absolute atomic E-state index is 0.107. The average molecular weight is 409 g/mol. The van der Waals surface area contributed by atoms with Crippen LogP contribution in [0.1, 0.15) is 28.9 Å². The van der Waals surface area contributed by atoms with Crippen LogP contribution in [0.25, 0.3) is 5.78 Å². The van der Waals surface area contributed by atoms with Crippen molar-refractivity contribution < 1.29 is 14.3 Å². The number of fused-ring (bicyclic) bond motifs is 1. The highest BCUT2D eigenvalue weighted by atomic mass is 35.5. The largest absolute Gasteiger partial charge is 0.447 e. The summed E-state index contributed by atoms with van der Waals surface area (Å²) < 4.78 is 6.54. The number of carbonyl (C=O) groups is 2. The molecule has 0 aliphatic heterocycles. The van der Waals surface area contributed by atoms with Crippen molar-refractivity contribution in [1.82, 2.24) is 24.6 Å².